The molecule has 4 N–H and O–H groups in total. The Morgan fingerprint density at radius 1 is 1.30 bits per heavy atom. The second-order valence-corrected chi connectivity index (χ2v) is 3.54. The van der Waals surface area contributed by atoms with E-state index >= 15 is 0 Å². The summed E-state index contributed by atoms with van der Waals surface area (Å²) < 4.78 is 39.5. The highest BCUT2D eigenvalue weighted by atomic mass is 127. The van der Waals surface area contributed by atoms with E-state index in [1.807, 2.05) is 0 Å². The highest BCUT2D eigenvalue weighted by Crippen LogP contribution is 2.23. The summed E-state index contributed by atoms with van der Waals surface area (Å²) in [4.78, 5) is 3.90. The summed E-state index contributed by atoms with van der Waals surface area (Å²) in [6.07, 6.45) is -4.22. The zero-order chi connectivity index (χ0) is 14.3. The molecule has 5 nitrogen and oxygen atoms in total. The van der Waals surface area contributed by atoms with Crippen LogP contribution in [0.5, 0.6) is 5.75 Å². The summed E-state index contributed by atoms with van der Waals surface area (Å²) in [5.74, 6) is -0.188. The van der Waals surface area contributed by atoms with Crippen LogP contribution in [0.1, 0.15) is 6.42 Å². The molecule has 0 aliphatic heterocycles. The molecule has 9 heteroatoms. The maximum absolute atomic E-state index is 11.9. The average Bonchev–Trinajstić information content (AvgIpc) is 2.30. The minimum absolute atomic E-state index is 0. The minimum atomic E-state index is -4.71. The number of nitrogens with zero attached hydrogens (tertiary/aromatic N) is 1. The van der Waals surface area contributed by atoms with E-state index in [0.29, 0.717) is 18.7 Å². The van der Waals surface area contributed by atoms with Crippen molar-refractivity contribution in [2.24, 2.45) is 10.7 Å². The lowest BCUT2D eigenvalue weighted by molar-refractivity contribution is -0.274. The van der Waals surface area contributed by atoms with Crippen LogP contribution in [0.3, 0.4) is 0 Å². The van der Waals surface area contributed by atoms with Gasteiger partial charge in [0.1, 0.15) is 5.75 Å². The fourth-order valence-electron chi connectivity index (χ4n) is 1.20. The molecule has 0 aromatic heterocycles. The van der Waals surface area contributed by atoms with Crippen molar-refractivity contribution in [3.8, 4) is 5.75 Å². The molecule has 0 aliphatic rings. The van der Waals surface area contributed by atoms with Gasteiger partial charge in [-0.2, -0.15) is 0 Å². The third-order valence-corrected chi connectivity index (χ3v) is 1.96. The molecule has 1 aromatic carbocycles. The molecule has 1 rings (SSSR count). The van der Waals surface area contributed by atoms with Gasteiger partial charge in [0.25, 0.3) is 0 Å². The number of benzene rings is 1. The summed E-state index contributed by atoms with van der Waals surface area (Å²) in [6, 6.07) is 5.10. The van der Waals surface area contributed by atoms with Crippen molar-refractivity contribution >= 4 is 35.6 Å². The van der Waals surface area contributed by atoms with Crippen molar-refractivity contribution in [2.45, 2.75) is 12.8 Å². The summed E-state index contributed by atoms with van der Waals surface area (Å²) in [5, 5.41) is 11.3. The molecule has 1 aromatic rings. The monoisotopic (exact) mass is 405 g/mol. The Balaban J connectivity index is 0.00000361. The van der Waals surface area contributed by atoms with Gasteiger partial charge in [-0.25, -0.2) is 0 Å². The largest absolute Gasteiger partial charge is 0.573 e. The third-order valence-electron chi connectivity index (χ3n) is 1.96. The van der Waals surface area contributed by atoms with Crippen molar-refractivity contribution in [3.63, 3.8) is 0 Å². The van der Waals surface area contributed by atoms with Crippen LogP contribution in [0.25, 0.3) is 0 Å². The van der Waals surface area contributed by atoms with Crippen molar-refractivity contribution in [1.29, 1.82) is 0 Å². The molecule has 20 heavy (non-hydrogen) atoms. The van der Waals surface area contributed by atoms with Crippen molar-refractivity contribution in [2.75, 3.05) is 18.5 Å². The maximum Gasteiger partial charge on any atom is 0.573 e. The van der Waals surface area contributed by atoms with Gasteiger partial charge in [-0.1, -0.05) is 0 Å². The second kappa shape index (κ2) is 8.84. The molecule has 114 valence electrons. The highest BCUT2D eigenvalue weighted by molar-refractivity contribution is 14.0. The van der Waals surface area contributed by atoms with Crippen LogP contribution in [0.4, 0.5) is 18.9 Å². The lowest BCUT2D eigenvalue weighted by Gasteiger charge is -2.10. The van der Waals surface area contributed by atoms with Crippen molar-refractivity contribution < 1.29 is 23.0 Å². The van der Waals surface area contributed by atoms with Gasteiger partial charge in [0.2, 0.25) is 0 Å². The molecule has 0 atom stereocenters. The van der Waals surface area contributed by atoms with E-state index in [0.717, 1.165) is 12.1 Å². The number of aliphatic hydroxyl groups excluding tert-OH is 1. The Morgan fingerprint density at radius 3 is 2.40 bits per heavy atom. The van der Waals surface area contributed by atoms with Gasteiger partial charge in [-0.15, -0.1) is 37.1 Å². The van der Waals surface area contributed by atoms with Gasteiger partial charge in [0.05, 0.1) is 0 Å². The molecule has 0 saturated heterocycles. The van der Waals surface area contributed by atoms with Gasteiger partial charge >= 0.3 is 6.36 Å². The minimum Gasteiger partial charge on any atom is -0.406 e. The number of nitrogens with two attached hydrogens (primary N) is 1. The number of aliphatic hydroxyl groups is 1. The second-order valence-electron chi connectivity index (χ2n) is 3.54. The number of aliphatic imine (C=N–C) groups is 1. The van der Waals surface area contributed by atoms with Gasteiger partial charge in [-0.05, 0) is 30.7 Å². The number of halogens is 4. The molecule has 0 fully saturated rings. The standard InChI is InChI=1S/C11H14F3N3O2.HI/c12-11(13,14)19-9-4-2-8(3-5-9)17-10(15)16-6-1-7-18;/h2-5,18H,1,6-7H2,(H3,15,16,17);1H. The first-order chi connectivity index (χ1) is 8.90. The quantitative estimate of drug-likeness (QED) is 0.304. The molecule has 0 amide bonds. The smallest absolute Gasteiger partial charge is 0.406 e. The Bertz CT molecular complexity index is 424. The molecule has 0 bridgehead atoms. The Hall–Kier alpha value is -1.23. The average molecular weight is 405 g/mol. The van der Waals surface area contributed by atoms with E-state index in [-0.39, 0.29) is 42.3 Å². The van der Waals surface area contributed by atoms with Crippen LogP contribution in [0.2, 0.25) is 0 Å². The molecule has 0 aliphatic carbocycles. The van der Waals surface area contributed by atoms with E-state index in [2.05, 4.69) is 15.0 Å². The molecule has 0 unspecified atom stereocenters. The molecule has 0 saturated carbocycles. The fourth-order valence-corrected chi connectivity index (χ4v) is 1.20. The number of rotatable bonds is 5. The Kier molecular flexibility index (Phi) is 8.30. The lowest BCUT2D eigenvalue weighted by Crippen LogP contribution is -2.23. The summed E-state index contributed by atoms with van der Waals surface area (Å²) >= 11 is 0. The van der Waals surface area contributed by atoms with Gasteiger partial charge < -0.3 is 20.9 Å². The van der Waals surface area contributed by atoms with Gasteiger partial charge in [0, 0.05) is 18.8 Å². The number of nitrogens with one attached hydrogen (secondary N) is 1. The van der Waals surface area contributed by atoms with E-state index < -0.39 is 6.36 Å². The topological polar surface area (TPSA) is 79.9 Å². The number of hydrogen-bond acceptors (Lipinski definition) is 3. The van der Waals surface area contributed by atoms with Crippen molar-refractivity contribution in [3.05, 3.63) is 24.3 Å². The predicted octanol–water partition coefficient (Wildman–Crippen LogP) is 2.31. The van der Waals surface area contributed by atoms with E-state index in [9.17, 15) is 13.2 Å². The van der Waals surface area contributed by atoms with Crippen LogP contribution in [0.15, 0.2) is 29.3 Å². The predicted molar refractivity (Wildman–Crippen MR) is 80.4 cm³/mol. The number of guanidine groups is 1. The zero-order valence-electron chi connectivity index (χ0n) is 10.4. The van der Waals surface area contributed by atoms with E-state index in [4.69, 9.17) is 10.8 Å². The lowest BCUT2D eigenvalue weighted by atomic mass is 10.3. The number of alkyl halides is 3. The molecular weight excluding hydrogens is 390 g/mol. The highest BCUT2D eigenvalue weighted by Gasteiger charge is 2.30. The normalized spacial score (nSPS) is 11.7. The summed E-state index contributed by atoms with van der Waals surface area (Å²) in [6.45, 7) is 0.380. The number of ether oxygens (including phenoxy) is 1. The Morgan fingerprint density at radius 2 is 1.90 bits per heavy atom. The maximum atomic E-state index is 11.9. The van der Waals surface area contributed by atoms with Crippen LogP contribution in [0, 0.1) is 0 Å². The SMILES string of the molecule is I.NC(=NCCCO)Nc1ccc(OC(F)(F)F)cc1. The van der Waals surface area contributed by atoms with Crippen molar-refractivity contribution in [1.82, 2.24) is 0 Å². The Labute approximate surface area is 131 Å². The van der Waals surface area contributed by atoms with Crippen LogP contribution >= 0.6 is 24.0 Å². The summed E-state index contributed by atoms with van der Waals surface area (Å²) in [5.41, 5.74) is 6.02. The first-order valence-electron chi connectivity index (χ1n) is 5.44. The zero-order valence-corrected chi connectivity index (χ0v) is 12.7. The van der Waals surface area contributed by atoms with Crippen LogP contribution in [-0.2, 0) is 0 Å². The molecular formula is C11H15F3IN3O2. The number of anilines is 1. The molecule has 0 radical (unpaired) electrons. The van der Waals surface area contributed by atoms with Crippen LogP contribution < -0.4 is 15.8 Å². The first-order valence-corrected chi connectivity index (χ1v) is 5.44. The van der Waals surface area contributed by atoms with E-state index in [1.54, 1.807) is 0 Å². The third kappa shape index (κ3) is 8.04. The van der Waals surface area contributed by atoms with E-state index in [1.165, 1.54) is 12.1 Å². The fraction of sp³-hybridized carbons (Fsp3) is 0.364. The molecule has 0 heterocycles. The number of hydrogen-bond donors (Lipinski definition) is 3. The first kappa shape index (κ1) is 18.8. The van der Waals surface area contributed by atoms with Gasteiger partial charge in [0.15, 0.2) is 5.96 Å². The molecule has 0 spiro atoms. The van der Waals surface area contributed by atoms with Gasteiger partial charge in [-0.3, -0.25) is 4.99 Å². The summed E-state index contributed by atoms with van der Waals surface area (Å²) in [7, 11) is 0. The van der Waals surface area contributed by atoms with Crippen LogP contribution in [-0.4, -0.2) is 30.6 Å².